The summed E-state index contributed by atoms with van der Waals surface area (Å²) in [5.41, 5.74) is 0.322. The van der Waals surface area contributed by atoms with Crippen molar-refractivity contribution in [3.8, 4) is 0 Å². The van der Waals surface area contributed by atoms with E-state index < -0.39 is 0 Å². The lowest BCUT2D eigenvalue weighted by Crippen LogP contribution is -2.40. The van der Waals surface area contributed by atoms with Crippen LogP contribution < -0.4 is 5.32 Å². The summed E-state index contributed by atoms with van der Waals surface area (Å²) in [6, 6.07) is 0. The van der Waals surface area contributed by atoms with Crippen LogP contribution in [0.3, 0.4) is 0 Å². The van der Waals surface area contributed by atoms with Crippen LogP contribution in [0, 0.1) is 5.41 Å². The number of hydrogen-bond acceptors (Lipinski definition) is 3. The Morgan fingerprint density at radius 3 is 2.44 bits per heavy atom. The molecule has 0 aliphatic carbocycles. The largest absolute Gasteiger partial charge is 0.377 e. The molecule has 0 saturated heterocycles. The van der Waals surface area contributed by atoms with Gasteiger partial charge in [-0.15, -0.1) is 0 Å². The first kappa shape index (κ1) is 15.9. The summed E-state index contributed by atoms with van der Waals surface area (Å²) in [5, 5.41) is 3.41. The van der Waals surface area contributed by atoms with E-state index in [0.29, 0.717) is 11.5 Å². The molecule has 0 aromatic rings. The summed E-state index contributed by atoms with van der Waals surface area (Å²) in [4.78, 5) is 2.35. The summed E-state index contributed by atoms with van der Waals surface area (Å²) < 4.78 is 5.55. The number of likely N-dealkylation sites (N-methyl/N-ethyl adjacent to an activating group) is 1. The minimum Gasteiger partial charge on any atom is -0.377 e. The Morgan fingerprint density at radius 2 is 1.94 bits per heavy atom. The molecule has 0 heterocycles. The lowest BCUT2D eigenvalue weighted by molar-refractivity contribution is 0.0571. The van der Waals surface area contributed by atoms with Gasteiger partial charge in [-0.2, -0.15) is 0 Å². The minimum atomic E-state index is 0.322. The second-order valence-electron chi connectivity index (χ2n) is 5.60. The SMILES string of the molecule is CCNCC(C)(C)CN(C)CCOC(C)C. The highest BCUT2D eigenvalue weighted by molar-refractivity contribution is 4.74. The van der Waals surface area contributed by atoms with Crippen molar-refractivity contribution >= 4 is 0 Å². The van der Waals surface area contributed by atoms with Crippen molar-refractivity contribution in [3.05, 3.63) is 0 Å². The molecule has 0 amide bonds. The lowest BCUT2D eigenvalue weighted by Gasteiger charge is -2.30. The van der Waals surface area contributed by atoms with Gasteiger partial charge in [-0.1, -0.05) is 20.8 Å². The number of nitrogens with one attached hydrogen (secondary N) is 1. The zero-order chi connectivity index (χ0) is 12.6. The van der Waals surface area contributed by atoms with Gasteiger partial charge in [0.25, 0.3) is 0 Å². The van der Waals surface area contributed by atoms with Gasteiger partial charge in [0.05, 0.1) is 12.7 Å². The normalized spacial score (nSPS) is 12.8. The summed E-state index contributed by atoms with van der Waals surface area (Å²) >= 11 is 0. The van der Waals surface area contributed by atoms with Crippen LogP contribution in [-0.2, 0) is 4.74 Å². The van der Waals surface area contributed by atoms with Crippen molar-refractivity contribution in [3.63, 3.8) is 0 Å². The Kier molecular flexibility index (Phi) is 7.98. The number of hydrogen-bond donors (Lipinski definition) is 1. The van der Waals surface area contributed by atoms with E-state index in [2.05, 4.69) is 51.9 Å². The molecule has 16 heavy (non-hydrogen) atoms. The topological polar surface area (TPSA) is 24.5 Å². The smallest absolute Gasteiger partial charge is 0.0596 e. The summed E-state index contributed by atoms with van der Waals surface area (Å²) in [7, 11) is 2.16. The fourth-order valence-electron chi connectivity index (χ4n) is 1.77. The highest BCUT2D eigenvalue weighted by Gasteiger charge is 2.19. The summed E-state index contributed by atoms with van der Waals surface area (Å²) in [5.74, 6) is 0. The van der Waals surface area contributed by atoms with Crippen LogP contribution >= 0.6 is 0 Å². The maximum Gasteiger partial charge on any atom is 0.0596 e. The molecular weight excluding hydrogens is 200 g/mol. The van der Waals surface area contributed by atoms with E-state index in [1.54, 1.807) is 0 Å². The van der Waals surface area contributed by atoms with Gasteiger partial charge in [0.15, 0.2) is 0 Å². The summed E-state index contributed by atoms with van der Waals surface area (Å²) in [6.45, 7) is 16.0. The van der Waals surface area contributed by atoms with Gasteiger partial charge in [-0.25, -0.2) is 0 Å². The van der Waals surface area contributed by atoms with E-state index in [0.717, 1.165) is 32.8 Å². The molecule has 0 rings (SSSR count). The molecule has 0 aromatic carbocycles. The Morgan fingerprint density at radius 1 is 1.31 bits per heavy atom. The first-order chi connectivity index (χ1) is 7.37. The predicted octanol–water partition coefficient (Wildman–Crippen LogP) is 1.98. The van der Waals surface area contributed by atoms with Gasteiger partial charge >= 0.3 is 0 Å². The van der Waals surface area contributed by atoms with Crippen LogP contribution in [-0.4, -0.2) is 50.8 Å². The van der Waals surface area contributed by atoms with Gasteiger partial charge in [-0.05, 0) is 32.9 Å². The average Bonchev–Trinajstić information content (AvgIpc) is 2.13. The molecule has 0 aliphatic rings. The molecule has 3 heteroatoms. The molecule has 0 radical (unpaired) electrons. The van der Waals surface area contributed by atoms with Gasteiger partial charge in [-0.3, -0.25) is 0 Å². The van der Waals surface area contributed by atoms with Crippen LogP contribution in [0.4, 0.5) is 0 Å². The molecule has 3 nitrogen and oxygen atoms in total. The Hall–Kier alpha value is -0.120. The molecule has 0 fully saturated rings. The third-order valence-electron chi connectivity index (χ3n) is 2.48. The third-order valence-corrected chi connectivity index (χ3v) is 2.48. The number of nitrogens with zero attached hydrogens (tertiary/aromatic N) is 1. The first-order valence-corrected chi connectivity index (χ1v) is 6.38. The van der Waals surface area contributed by atoms with E-state index in [-0.39, 0.29) is 0 Å². The zero-order valence-corrected chi connectivity index (χ0v) is 12.0. The fourth-order valence-corrected chi connectivity index (χ4v) is 1.77. The van der Waals surface area contributed by atoms with Crippen LogP contribution in [0.15, 0.2) is 0 Å². The van der Waals surface area contributed by atoms with Crippen molar-refractivity contribution in [1.29, 1.82) is 0 Å². The average molecular weight is 230 g/mol. The first-order valence-electron chi connectivity index (χ1n) is 6.38. The molecule has 0 unspecified atom stereocenters. The van der Waals surface area contributed by atoms with E-state index in [1.165, 1.54) is 0 Å². The van der Waals surface area contributed by atoms with E-state index >= 15 is 0 Å². The van der Waals surface area contributed by atoms with Crippen molar-refractivity contribution in [1.82, 2.24) is 10.2 Å². The highest BCUT2D eigenvalue weighted by atomic mass is 16.5. The Bertz CT molecular complexity index is 169. The fraction of sp³-hybridized carbons (Fsp3) is 1.00. The molecule has 0 bridgehead atoms. The molecule has 0 aliphatic heterocycles. The van der Waals surface area contributed by atoms with Crippen LogP contribution in [0.2, 0.25) is 0 Å². The predicted molar refractivity (Wildman–Crippen MR) is 70.9 cm³/mol. The molecule has 0 spiro atoms. The van der Waals surface area contributed by atoms with Gasteiger partial charge in [0, 0.05) is 19.6 Å². The van der Waals surface area contributed by atoms with E-state index in [9.17, 15) is 0 Å². The molecule has 98 valence electrons. The highest BCUT2D eigenvalue weighted by Crippen LogP contribution is 2.14. The second kappa shape index (κ2) is 8.04. The number of ether oxygens (including phenoxy) is 1. The van der Waals surface area contributed by atoms with Crippen LogP contribution in [0.5, 0.6) is 0 Å². The third kappa shape index (κ3) is 9.13. The van der Waals surface area contributed by atoms with Crippen LogP contribution in [0.25, 0.3) is 0 Å². The Labute approximate surface area is 102 Å². The van der Waals surface area contributed by atoms with Crippen molar-refractivity contribution in [2.75, 3.05) is 39.8 Å². The van der Waals surface area contributed by atoms with E-state index in [1.807, 2.05) is 0 Å². The monoisotopic (exact) mass is 230 g/mol. The molecule has 0 saturated carbocycles. The van der Waals surface area contributed by atoms with Gasteiger partial charge < -0.3 is 15.0 Å². The van der Waals surface area contributed by atoms with Gasteiger partial charge in [0.1, 0.15) is 0 Å². The Balaban J connectivity index is 3.71. The number of rotatable bonds is 9. The molecule has 0 aromatic heterocycles. The zero-order valence-electron chi connectivity index (χ0n) is 12.0. The maximum atomic E-state index is 5.55. The molecule has 0 atom stereocenters. The van der Waals surface area contributed by atoms with Crippen molar-refractivity contribution in [2.45, 2.75) is 40.7 Å². The standard InChI is InChI=1S/C13H30N2O/c1-7-14-10-13(4,5)11-15(6)8-9-16-12(2)3/h12,14H,7-11H2,1-6H3. The molecule has 1 N–H and O–H groups in total. The van der Waals surface area contributed by atoms with Gasteiger partial charge in [0.2, 0.25) is 0 Å². The minimum absolute atomic E-state index is 0.322. The quantitative estimate of drug-likeness (QED) is 0.655. The lowest BCUT2D eigenvalue weighted by atomic mass is 9.93. The van der Waals surface area contributed by atoms with Crippen LogP contribution in [0.1, 0.15) is 34.6 Å². The van der Waals surface area contributed by atoms with Crippen molar-refractivity contribution < 1.29 is 4.74 Å². The van der Waals surface area contributed by atoms with Crippen molar-refractivity contribution in [2.24, 2.45) is 5.41 Å². The summed E-state index contributed by atoms with van der Waals surface area (Å²) in [6.07, 6.45) is 0.336. The second-order valence-corrected chi connectivity index (χ2v) is 5.60. The molecular formula is C13H30N2O. The maximum absolute atomic E-state index is 5.55. The van der Waals surface area contributed by atoms with E-state index in [4.69, 9.17) is 4.74 Å².